The zero-order chi connectivity index (χ0) is 15.5. The molecule has 0 spiro atoms. The molecule has 112 valence electrons. The third-order valence-corrected chi connectivity index (χ3v) is 4.91. The van der Waals surface area contributed by atoms with Crippen LogP contribution in [-0.4, -0.2) is 10.2 Å². The van der Waals surface area contributed by atoms with Crippen LogP contribution in [0.3, 0.4) is 0 Å². The van der Waals surface area contributed by atoms with E-state index in [-0.39, 0.29) is 5.25 Å². The van der Waals surface area contributed by atoms with E-state index in [2.05, 4.69) is 33.1 Å². The molecular weight excluding hydrogens is 384 g/mol. The van der Waals surface area contributed by atoms with Gasteiger partial charge in [0.05, 0.1) is 0 Å². The number of hydrogen-bond acceptors (Lipinski definition) is 4. The lowest BCUT2D eigenvalue weighted by Crippen LogP contribution is -1.89. The first-order valence-electron chi connectivity index (χ1n) is 6.64. The molecule has 0 unspecified atom stereocenters. The predicted molar refractivity (Wildman–Crippen MR) is 93.2 cm³/mol. The summed E-state index contributed by atoms with van der Waals surface area (Å²) in [5.74, 6) is 0.509. The van der Waals surface area contributed by atoms with Gasteiger partial charge in [0.1, 0.15) is 0 Å². The molecule has 0 radical (unpaired) electrons. The molecule has 0 saturated heterocycles. The van der Waals surface area contributed by atoms with E-state index < -0.39 is 0 Å². The van der Waals surface area contributed by atoms with Crippen LogP contribution in [0.2, 0.25) is 5.02 Å². The van der Waals surface area contributed by atoms with E-state index in [1.54, 1.807) is 0 Å². The van der Waals surface area contributed by atoms with Crippen molar-refractivity contribution >= 4 is 39.3 Å². The molecule has 0 amide bonds. The molecule has 3 aromatic rings. The van der Waals surface area contributed by atoms with Crippen molar-refractivity contribution < 1.29 is 4.42 Å². The highest BCUT2D eigenvalue weighted by Crippen LogP contribution is 2.38. The second kappa shape index (κ2) is 6.86. The van der Waals surface area contributed by atoms with Gasteiger partial charge in [0.25, 0.3) is 5.22 Å². The van der Waals surface area contributed by atoms with Gasteiger partial charge in [-0.3, -0.25) is 0 Å². The van der Waals surface area contributed by atoms with Gasteiger partial charge in [-0.1, -0.05) is 63.6 Å². The lowest BCUT2D eigenvalue weighted by molar-refractivity contribution is 0.465. The van der Waals surface area contributed by atoms with Crippen molar-refractivity contribution in [3.05, 3.63) is 63.6 Å². The lowest BCUT2D eigenvalue weighted by atomic mass is 10.2. The van der Waals surface area contributed by atoms with Crippen LogP contribution >= 0.6 is 39.3 Å². The van der Waals surface area contributed by atoms with Gasteiger partial charge in [-0.2, -0.15) is 0 Å². The maximum atomic E-state index is 6.22. The van der Waals surface area contributed by atoms with E-state index in [4.69, 9.17) is 16.0 Å². The Labute approximate surface area is 146 Å². The minimum atomic E-state index is 0.129. The predicted octanol–water partition coefficient (Wildman–Crippen LogP) is 6.01. The molecule has 0 N–H and O–H groups in total. The number of hydrogen-bond donors (Lipinski definition) is 0. The van der Waals surface area contributed by atoms with Crippen molar-refractivity contribution in [1.29, 1.82) is 0 Å². The number of benzene rings is 2. The summed E-state index contributed by atoms with van der Waals surface area (Å²) in [4.78, 5) is 0. The minimum Gasteiger partial charge on any atom is -0.411 e. The van der Waals surface area contributed by atoms with Crippen LogP contribution in [0.4, 0.5) is 0 Å². The SMILES string of the molecule is C[C@H](Sc1nnc(-c2cccc(Br)c2)o1)c1ccccc1Cl. The van der Waals surface area contributed by atoms with Gasteiger partial charge >= 0.3 is 0 Å². The molecule has 6 heteroatoms. The molecule has 22 heavy (non-hydrogen) atoms. The maximum absolute atomic E-state index is 6.22. The van der Waals surface area contributed by atoms with Crippen molar-refractivity contribution in [3.8, 4) is 11.5 Å². The fraction of sp³-hybridized carbons (Fsp3) is 0.125. The normalized spacial score (nSPS) is 12.3. The van der Waals surface area contributed by atoms with E-state index in [1.807, 2.05) is 48.5 Å². The number of rotatable bonds is 4. The van der Waals surface area contributed by atoms with Gasteiger partial charge in [-0.15, -0.1) is 10.2 Å². The Morgan fingerprint density at radius 1 is 1.14 bits per heavy atom. The summed E-state index contributed by atoms with van der Waals surface area (Å²) in [6, 6.07) is 15.5. The van der Waals surface area contributed by atoms with Crippen molar-refractivity contribution in [2.45, 2.75) is 17.4 Å². The average Bonchev–Trinajstić information content (AvgIpc) is 2.96. The standard InChI is InChI=1S/C16H12BrClN2OS/c1-10(13-7-2-3-8-14(13)18)22-16-20-19-15(21-16)11-5-4-6-12(17)9-11/h2-10H,1H3/t10-/m0/s1. The van der Waals surface area contributed by atoms with Gasteiger partial charge in [-0.25, -0.2) is 0 Å². The topological polar surface area (TPSA) is 38.9 Å². The van der Waals surface area contributed by atoms with Crippen LogP contribution in [0.25, 0.3) is 11.5 Å². The highest BCUT2D eigenvalue weighted by atomic mass is 79.9. The highest BCUT2D eigenvalue weighted by Gasteiger charge is 2.16. The van der Waals surface area contributed by atoms with E-state index in [1.165, 1.54) is 11.8 Å². The van der Waals surface area contributed by atoms with Crippen molar-refractivity contribution in [1.82, 2.24) is 10.2 Å². The van der Waals surface area contributed by atoms with Crippen molar-refractivity contribution in [3.63, 3.8) is 0 Å². The Kier molecular flexibility index (Phi) is 4.86. The van der Waals surface area contributed by atoms with Crippen molar-refractivity contribution in [2.75, 3.05) is 0 Å². The molecule has 3 rings (SSSR count). The molecule has 0 aliphatic rings. The van der Waals surface area contributed by atoms with E-state index in [0.717, 1.165) is 20.6 Å². The zero-order valence-corrected chi connectivity index (χ0v) is 14.8. The van der Waals surface area contributed by atoms with Crippen LogP contribution in [-0.2, 0) is 0 Å². The molecule has 0 fully saturated rings. The Morgan fingerprint density at radius 2 is 1.95 bits per heavy atom. The molecule has 3 nitrogen and oxygen atoms in total. The van der Waals surface area contributed by atoms with Gasteiger partial charge in [0.15, 0.2) is 0 Å². The Bertz CT molecular complexity index is 793. The smallest absolute Gasteiger partial charge is 0.277 e. The molecule has 0 aliphatic heterocycles. The van der Waals surface area contributed by atoms with Crippen LogP contribution in [0, 0.1) is 0 Å². The Morgan fingerprint density at radius 3 is 2.73 bits per heavy atom. The maximum Gasteiger partial charge on any atom is 0.277 e. The summed E-state index contributed by atoms with van der Waals surface area (Å²) < 4.78 is 6.71. The third-order valence-electron chi connectivity index (χ3n) is 3.10. The number of nitrogens with zero attached hydrogens (tertiary/aromatic N) is 2. The number of thioether (sulfide) groups is 1. The van der Waals surface area contributed by atoms with Gasteiger partial charge in [-0.05, 0) is 36.8 Å². The summed E-state index contributed by atoms with van der Waals surface area (Å²) in [7, 11) is 0. The van der Waals surface area contributed by atoms with E-state index >= 15 is 0 Å². The first-order valence-corrected chi connectivity index (χ1v) is 8.69. The van der Waals surface area contributed by atoms with E-state index in [9.17, 15) is 0 Å². The zero-order valence-electron chi connectivity index (χ0n) is 11.7. The fourth-order valence-electron chi connectivity index (χ4n) is 2.02. The summed E-state index contributed by atoms with van der Waals surface area (Å²) >= 11 is 11.1. The number of aromatic nitrogens is 2. The quantitative estimate of drug-likeness (QED) is 0.507. The summed E-state index contributed by atoms with van der Waals surface area (Å²) in [5.41, 5.74) is 1.94. The summed E-state index contributed by atoms with van der Waals surface area (Å²) in [6.45, 7) is 2.06. The van der Waals surface area contributed by atoms with Crippen LogP contribution in [0.5, 0.6) is 0 Å². The van der Waals surface area contributed by atoms with Crippen LogP contribution in [0.1, 0.15) is 17.7 Å². The van der Waals surface area contributed by atoms with Gasteiger partial charge < -0.3 is 4.42 Å². The summed E-state index contributed by atoms with van der Waals surface area (Å²) in [5, 5.41) is 9.61. The lowest BCUT2D eigenvalue weighted by Gasteiger charge is -2.10. The van der Waals surface area contributed by atoms with Gasteiger partial charge in [0.2, 0.25) is 5.89 Å². The van der Waals surface area contributed by atoms with Crippen molar-refractivity contribution in [2.24, 2.45) is 0 Å². The molecule has 1 atom stereocenters. The van der Waals surface area contributed by atoms with Crippen LogP contribution < -0.4 is 0 Å². The first kappa shape index (κ1) is 15.6. The third kappa shape index (κ3) is 3.54. The fourth-order valence-corrected chi connectivity index (χ4v) is 3.63. The first-order chi connectivity index (χ1) is 10.6. The molecule has 0 bridgehead atoms. The van der Waals surface area contributed by atoms with E-state index in [0.29, 0.717) is 11.1 Å². The molecule has 1 heterocycles. The molecule has 2 aromatic carbocycles. The van der Waals surface area contributed by atoms with Crippen LogP contribution in [0.15, 0.2) is 62.6 Å². The molecule has 0 aliphatic carbocycles. The minimum absolute atomic E-state index is 0.129. The second-order valence-corrected chi connectivity index (χ2v) is 7.28. The summed E-state index contributed by atoms with van der Waals surface area (Å²) in [6.07, 6.45) is 0. The molecule has 1 aromatic heterocycles. The largest absolute Gasteiger partial charge is 0.411 e. The Hall–Kier alpha value is -1.30. The van der Waals surface area contributed by atoms with Gasteiger partial charge in [0, 0.05) is 20.3 Å². The Balaban J connectivity index is 1.79. The monoisotopic (exact) mass is 394 g/mol. The highest BCUT2D eigenvalue weighted by molar-refractivity contribution is 9.10. The second-order valence-electron chi connectivity index (χ2n) is 4.67. The molecular formula is C16H12BrClN2OS. The average molecular weight is 396 g/mol. The number of halogens is 2. The molecule has 0 saturated carbocycles.